The molecule has 0 atom stereocenters. The molecular formula is C16H15F3N2O4S. The third kappa shape index (κ3) is 4.94. The van der Waals surface area contributed by atoms with Crippen molar-refractivity contribution in [3.05, 3.63) is 63.7 Å². The van der Waals surface area contributed by atoms with Crippen LogP contribution in [0.1, 0.15) is 11.1 Å². The summed E-state index contributed by atoms with van der Waals surface area (Å²) in [7, 11) is -3.29. The van der Waals surface area contributed by atoms with Crippen LogP contribution in [0.4, 0.5) is 24.5 Å². The average Bonchev–Trinajstić information content (AvgIpc) is 2.53. The van der Waals surface area contributed by atoms with E-state index in [0.29, 0.717) is 12.5 Å². The molecule has 0 saturated carbocycles. The lowest BCUT2D eigenvalue weighted by Crippen LogP contribution is -2.11. The monoisotopic (exact) mass is 388 g/mol. The molecule has 0 unspecified atom stereocenters. The molecule has 0 aliphatic heterocycles. The molecule has 0 saturated heterocycles. The quantitative estimate of drug-likeness (QED) is 0.602. The van der Waals surface area contributed by atoms with Crippen LogP contribution in [0.15, 0.2) is 47.4 Å². The molecule has 10 heteroatoms. The molecule has 0 aliphatic rings. The molecule has 0 fully saturated rings. The Morgan fingerprint density at radius 1 is 1.12 bits per heavy atom. The normalized spacial score (nSPS) is 12.0. The highest BCUT2D eigenvalue weighted by molar-refractivity contribution is 7.90. The van der Waals surface area contributed by atoms with Gasteiger partial charge in [0, 0.05) is 24.6 Å². The number of anilines is 1. The fourth-order valence-electron chi connectivity index (χ4n) is 2.29. The highest BCUT2D eigenvalue weighted by atomic mass is 32.2. The van der Waals surface area contributed by atoms with E-state index in [9.17, 15) is 31.7 Å². The number of nitro groups is 1. The van der Waals surface area contributed by atoms with Crippen molar-refractivity contribution in [2.75, 3.05) is 18.1 Å². The van der Waals surface area contributed by atoms with Crippen molar-refractivity contribution in [3.63, 3.8) is 0 Å². The van der Waals surface area contributed by atoms with E-state index in [0.717, 1.165) is 17.9 Å². The van der Waals surface area contributed by atoms with Gasteiger partial charge in [-0.25, -0.2) is 8.42 Å². The van der Waals surface area contributed by atoms with Gasteiger partial charge in [-0.2, -0.15) is 13.2 Å². The number of nitrogens with zero attached hydrogens (tertiary/aromatic N) is 1. The summed E-state index contributed by atoms with van der Waals surface area (Å²) >= 11 is 0. The SMILES string of the molecule is CS(=O)(=O)c1ccc(CCNc2ccc([N+](=O)[O-])c(C(F)(F)F)c2)cc1. The minimum absolute atomic E-state index is 0.107. The lowest BCUT2D eigenvalue weighted by atomic mass is 10.1. The maximum atomic E-state index is 12.9. The average molecular weight is 388 g/mol. The summed E-state index contributed by atoms with van der Waals surface area (Å²) in [4.78, 5) is 9.83. The Bertz CT molecular complexity index is 910. The number of sulfone groups is 1. The first kappa shape index (κ1) is 19.7. The number of halogens is 3. The Labute approximate surface area is 147 Å². The van der Waals surface area contributed by atoms with E-state index in [4.69, 9.17) is 0 Å². The molecule has 2 rings (SSSR count). The van der Waals surface area contributed by atoms with Crippen molar-refractivity contribution < 1.29 is 26.5 Å². The topological polar surface area (TPSA) is 89.3 Å². The van der Waals surface area contributed by atoms with Crippen molar-refractivity contribution >= 4 is 21.2 Å². The number of nitrogens with one attached hydrogen (secondary N) is 1. The largest absolute Gasteiger partial charge is 0.423 e. The van der Waals surface area contributed by atoms with Crippen molar-refractivity contribution in [1.29, 1.82) is 0 Å². The zero-order valence-corrected chi connectivity index (χ0v) is 14.4. The molecular weight excluding hydrogens is 373 g/mol. The maximum absolute atomic E-state index is 12.9. The molecule has 1 N–H and O–H groups in total. The second kappa shape index (κ2) is 7.32. The first-order valence-electron chi connectivity index (χ1n) is 7.37. The van der Waals surface area contributed by atoms with Crippen LogP contribution in [0.25, 0.3) is 0 Å². The minimum atomic E-state index is -4.83. The fraction of sp³-hybridized carbons (Fsp3) is 0.250. The zero-order valence-electron chi connectivity index (χ0n) is 13.6. The van der Waals surface area contributed by atoms with Crippen LogP contribution in [0.2, 0.25) is 0 Å². The van der Waals surface area contributed by atoms with Crippen LogP contribution in [0.3, 0.4) is 0 Å². The van der Waals surface area contributed by atoms with E-state index in [1.807, 2.05) is 0 Å². The number of rotatable bonds is 6. The lowest BCUT2D eigenvalue weighted by molar-refractivity contribution is -0.388. The first-order chi connectivity index (χ1) is 12.0. The molecule has 0 heterocycles. The predicted octanol–water partition coefficient (Wildman–Crippen LogP) is 3.67. The van der Waals surface area contributed by atoms with Crippen LogP contribution in [-0.4, -0.2) is 26.1 Å². The molecule has 0 amide bonds. The predicted molar refractivity (Wildman–Crippen MR) is 89.8 cm³/mol. The Morgan fingerprint density at radius 2 is 1.73 bits per heavy atom. The standard InChI is InChI=1S/C16H15F3N2O4S/c1-26(24,25)13-5-2-11(3-6-13)8-9-20-12-4-7-15(21(22)23)14(10-12)16(17,18)19/h2-7,10,20H,8-9H2,1H3. The van der Waals surface area contributed by atoms with Crippen molar-refractivity contribution in [2.45, 2.75) is 17.5 Å². The van der Waals surface area contributed by atoms with Crippen molar-refractivity contribution in [1.82, 2.24) is 0 Å². The number of benzene rings is 2. The van der Waals surface area contributed by atoms with Crippen LogP contribution < -0.4 is 5.32 Å². The fourth-order valence-corrected chi connectivity index (χ4v) is 2.92. The smallest absolute Gasteiger partial charge is 0.385 e. The van der Waals surface area contributed by atoms with Gasteiger partial charge in [-0.1, -0.05) is 12.1 Å². The summed E-state index contributed by atoms with van der Waals surface area (Å²) in [6.07, 6.45) is -3.31. The Hall–Kier alpha value is -2.62. The number of nitro benzene ring substituents is 1. The van der Waals surface area contributed by atoms with Gasteiger partial charge in [0.2, 0.25) is 0 Å². The number of hydrogen-bond acceptors (Lipinski definition) is 5. The highest BCUT2D eigenvalue weighted by Gasteiger charge is 2.38. The molecule has 0 spiro atoms. The van der Waals surface area contributed by atoms with Gasteiger partial charge in [0.1, 0.15) is 5.56 Å². The summed E-state index contributed by atoms with van der Waals surface area (Å²) in [5.74, 6) is 0. The second-order valence-electron chi connectivity index (χ2n) is 5.58. The highest BCUT2D eigenvalue weighted by Crippen LogP contribution is 2.37. The van der Waals surface area contributed by atoms with E-state index in [1.165, 1.54) is 18.2 Å². The van der Waals surface area contributed by atoms with Crippen molar-refractivity contribution in [2.24, 2.45) is 0 Å². The second-order valence-corrected chi connectivity index (χ2v) is 7.60. The van der Waals surface area contributed by atoms with Gasteiger partial charge in [0.15, 0.2) is 9.84 Å². The van der Waals surface area contributed by atoms with E-state index < -0.39 is 32.2 Å². The Balaban J connectivity index is 2.07. The van der Waals surface area contributed by atoms with Crippen LogP contribution in [-0.2, 0) is 22.4 Å². The molecule has 0 bridgehead atoms. The van der Waals surface area contributed by atoms with Gasteiger partial charge in [-0.15, -0.1) is 0 Å². The van der Waals surface area contributed by atoms with Gasteiger partial charge in [-0.05, 0) is 36.2 Å². The molecule has 0 aliphatic carbocycles. The van der Waals surface area contributed by atoms with Crippen molar-refractivity contribution in [3.8, 4) is 0 Å². The van der Waals surface area contributed by atoms with Crippen LogP contribution in [0, 0.1) is 10.1 Å². The van der Waals surface area contributed by atoms with Gasteiger partial charge in [0.05, 0.1) is 9.82 Å². The summed E-state index contributed by atoms with van der Waals surface area (Å²) in [6.45, 7) is 0.271. The van der Waals surface area contributed by atoms with E-state index in [2.05, 4.69) is 5.32 Å². The van der Waals surface area contributed by atoms with Gasteiger partial charge < -0.3 is 5.32 Å². The number of hydrogen-bond donors (Lipinski definition) is 1. The lowest BCUT2D eigenvalue weighted by Gasteiger charge is -2.11. The van der Waals surface area contributed by atoms with E-state index in [-0.39, 0.29) is 17.1 Å². The molecule has 0 aromatic heterocycles. The third-order valence-corrected chi connectivity index (χ3v) is 4.72. The molecule has 2 aromatic carbocycles. The minimum Gasteiger partial charge on any atom is -0.385 e. The molecule has 6 nitrogen and oxygen atoms in total. The summed E-state index contributed by atoms with van der Waals surface area (Å²) in [6, 6.07) is 8.87. The first-order valence-corrected chi connectivity index (χ1v) is 9.26. The molecule has 140 valence electrons. The van der Waals surface area contributed by atoms with Gasteiger partial charge in [-0.3, -0.25) is 10.1 Å². The van der Waals surface area contributed by atoms with Gasteiger partial charge >= 0.3 is 6.18 Å². The molecule has 0 radical (unpaired) electrons. The van der Waals surface area contributed by atoms with Crippen LogP contribution >= 0.6 is 0 Å². The Morgan fingerprint density at radius 3 is 2.23 bits per heavy atom. The van der Waals surface area contributed by atoms with E-state index in [1.54, 1.807) is 12.1 Å². The summed E-state index contributed by atoms with van der Waals surface area (Å²) in [5.41, 5.74) is -1.41. The summed E-state index contributed by atoms with van der Waals surface area (Å²) in [5, 5.41) is 13.5. The van der Waals surface area contributed by atoms with E-state index >= 15 is 0 Å². The maximum Gasteiger partial charge on any atom is 0.423 e. The van der Waals surface area contributed by atoms with Gasteiger partial charge in [0.25, 0.3) is 5.69 Å². The third-order valence-electron chi connectivity index (χ3n) is 3.59. The summed E-state index contributed by atoms with van der Waals surface area (Å²) < 4.78 is 61.5. The molecule has 2 aromatic rings. The molecule has 26 heavy (non-hydrogen) atoms. The number of alkyl halides is 3. The Kier molecular flexibility index (Phi) is 5.55. The van der Waals surface area contributed by atoms with Crippen LogP contribution in [0.5, 0.6) is 0 Å². The zero-order chi connectivity index (χ0) is 19.5.